The first-order valence-electron chi connectivity index (χ1n) is 5.32. The molecule has 2 aromatic rings. The standard InChI is InChI=1S/C13H11FN2O2/c1-18-13-3-2-9(14)6-11(13)12(17)7-10-4-5-15-8-16-10/h2-6,8H,7H2,1H3. The highest BCUT2D eigenvalue weighted by Gasteiger charge is 2.14. The molecule has 0 N–H and O–H groups in total. The van der Waals surface area contributed by atoms with Crippen molar-refractivity contribution in [3.63, 3.8) is 0 Å². The van der Waals surface area contributed by atoms with Gasteiger partial charge in [-0.3, -0.25) is 4.79 Å². The zero-order valence-corrected chi connectivity index (χ0v) is 9.76. The Kier molecular flexibility index (Phi) is 3.62. The van der Waals surface area contributed by atoms with E-state index < -0.39 is 5.82 Å². The van der Waals surface area contributed by atoms with Gasteiger partial charge in [0, 0.05) is 6.20 Å². The van der Waals surface area contributed by atoms with Crippen molar-refractivity contribution in [1.82, 2.24) is 9.97 Å². The van der Waals surface area contributed by atoms with Crippen molar-refractivity contribution in [2.75, 3.05) is 7.11 Å². The van der Waals surface area contributed by atoms with Gasteiger partial charge in [-0.25, -0.2) is 14.4 Å². The van der Waals surface area contributed by atoms with Crippen LogP contribution in [0.5, 0.6) is 5.75 Å². The third-order valence-electron chi connectivity index (χ3n) is 2.45. The van der Waals surface area contributed by atoms with Crippen molar-refractivity contribution >= 4 is 5.78 Å². The Morgan fingerprint density at radius 1 is 1.39 bits per heavy atom. The predicted octanol–water partition coefficient (Wildman–Crippen LogP) is 2.05. The number of ketones is 1. The fourth-order valence-corrected chi connectivity index (χ4v) is 1.58. The van der Waals surface area contributed by atoms with Crippen LogP contribution in [0, 0.1) is 5.82 Å². The number of Topliss-reactive ketones (excluding diaryl/α,β-unsaturated/α-hetero) is 1. The van der Waals surface area contributed by atoms with E-state index in [1.54, 1.807) is 12.3 Å². The first-order chi connectivity index (χ1) is 8.70. The van der Waals surface area contributed by atoms with Crippen LogP contribution in [0.1, 0.15) is 16.1 Å². The third-order valence-corrected chi connectivity index (χ3v) is 2.45. The summed E-state index contributed by atoms with van der Waals surface area (Å²) in [5.41, 5.74) is 0.803. The molecule has 0 aliphatic heterocycles. The lowest BCUT2D eigenvalue weighted by Crippen LogP contribution is -2.07. The normalized spacial score (nSPS) is 10.1. The molecule has 0 atom stereocenters. The molecule has 0 fully saturated rings. The zero-order valence-electron chi connectivity index (χ0n) is 9.76. The molecule has 0 bridgehead atoms. The van der Waals surface area contributed by atoms with Crippen LogP contribution in [-0.2, 0) is 6.42 Å². The Hall–Kier alpha value is -2.30. The number of hydrogen-bond donors (Lipinski definition) is 0. The van der Waals surface area contributed by atoms with Crippen LogP contribution in [0.15, 0.2) is 36.8 Å². The Morgan fingerprint density at radius 3 is 2.89 bits per heavy atom. The van der Waals surface area contributed by atoms with Crippen LogP contribution < -0.4 is 4.74 Å². The van der Waals surface area contributed by atoms with Gasteiger partial charge in [-0.1, -0.05) is 0 Å². The molecule has 0 spiro atoms. The number of hydrogen-bond acceptors (Lipinski definition) is 4. The highest BCUT2D eigenvalue weighted by atomic mass is 19.1. The molecule has 1 heterocycles. The first-order valence-corrected chi connectivity index (χ1v) is 5.32. The van der Waals surface area contributed by atoms with E-state index in [2.05, 4.69) is 9.97 Å². The second kappa shape index (κ2) is 5.35. The van der Waals surface area contributed by atoms with Gasteiger partial charge in [0.15, 0.2) is 5.78 Å². The molecule has 1 aromatic heterocycles. The summed E-state index contributed by atoms with van der Waals surface area (Å²) in [6.07, 6.45) is 3.01. The summed E-state index contributed by atoms with van der Waals surface area (Å²) in [5.74, 6) is -0.359. The van der Waals surface area contributed by atoms with Crippen LogP contribution in [0.2, 0.25) is 0 Å². The minimum atomic E-state index is -0.471. The van der Waals surface area contributed by atoms with Gasteiger partial charge in [0.2, 0.25) is 0 Å². The molecule has 0 aliphatic rings. The quantitative estimate of drug-likeness (QED) is 0.775. The second-order valence-corrected chi connectivity index (χ2v) is 3.65. The van der Waals surface area contributed by atoms with Gasteiger partial charge in [0.1, 0.15) is 17.9 Å². The molecule has 92 valence electrons. The van der Waals surface area contributed by atoms with Crippen LogP contribution in [0.25, 0.3) is 0 Å². The molecule has 0 radical (unpaired) electrons. The molecule has 0 saturated heterocycles. The average Bonchev–Trinajstić information content (AvgIpc) is 2.40. The summed E-state index contributed by atoms with van der Waals surface area (Å²) < 4.78 is 18.2. The minimum absolute atomic E-state index is 0.0856. The fourth-order valence-electron chi connectivity index (χ4n) is 1.58. The van der Waals surface area contributed by atoms with E-state index in [1.165, 1.54) is 31.6 Å². The largest absolute Gasteiger partial charge is 0.496 e. The van der Waals surface area contributed by atoms with E-state index in [-0.39, 0.29) is 17.8 Å². The van der Waals surface area contributed by atoms with Crippen LogP contribution >= 0.6 is 0 Å². The van der Waals surface area contributed by atoms with Crippen molar-refractivity contribution in [3.05, 3.63) is 53.9 Å². The van der Waals surface area contributed by atoms with E-state index >= 15 is 0 Å². The van der Waals surface area contributed by atoms with E-state index in [0.717, 1.165) is 0 Å². The Bertz CT molecular complexity index is 558. The van der Waals surface area contributed by atoms with Gasteiger partial charge in [0.25, 0.3) is 0 Å². The van der Waals surface area contributed by atoms with Crippen molar-refractivity contribution in [2.45, 2.75) is 6.42 Å². The summed E-state index contributed by atoms with van der Waals surface area (Å²) in [4.78, 5) is 19.8. The molecule has 1 aromatic carbocycles. The van der Waals surface area contributed by atoms with Crippen molar-refractivity contribution in [3.8, 4) is 5.75 Å². The van der Waals surface area contributed by atoms with Crippen LogP contribution in [0.3, 0.4) is 0 Å². The molecule has 2 rings (SSSR count). The zero-order chi connectivity index (χ0) is 13.0. The topological polar surface area (TPSA) is 52.1 Å². The fraction of sp³-hybridized carbons (Fsp3) is 0.154. The van der Waals surface area contributed by atoms with Gasteiger partial charge < -0.3 is 4.74 Å². The number of nitrogens with zero attached hydrogens (tertiary/aromatic N) is 2. The monoisotopic (exact) mass is 246 g/mol. The number of aromatic nitrogens is 2. The summed E-state index contributed by atoms with van der Waals surface area (Å²) in [6, 6.07) is 5.49. The highest BCUT2D eigenvalue weighted by Crippen LogP contribution is 2.20. The van der Waals surface area contributed by atoms with Gasteiger partial charge in [-0.05, 0) is 24.3 Å². The van der Waals surface area contributed by atoms with Gasteiger partial charge >= 0.3 is 0 Å². The maximum atomic E-state index is 13.1. The number of benzene rings is 1. The Balaban J connectivity index is 2.26. The first kappa shape index (κ1) is 12.2. The minimum Gasteiger partial charge on any atom is -0.496 e. The Labute approximate surface area is 103 Å². The summed E-state index contributed by atoms with van der Waals surface area (Å²) in [6.45, 7) is 0. The van der Waals surface area contributed by atoms with Crippen molar-refractivity contribution in [2.24, 2.45) is 0 Å². The molecule has 0 aliphatic carbocycles. The summed E-state index contributed by atoms with van der Waals surface area (Å²) in [7, 11) is 1.44. The van der Waals surface area contributed by atoms with Gasteiger partial charge in [-0.15, -0.1) is 0 Å². The van der Waals surface area contributed by atoms with E-state index in [4.69, 9.17) is 4.74 Å². The number of carbonyl (C=O) groups is 1. The van der Waals surface area contributed by atoms with Gasteiger partial charge in [-0.2, -0.15) is 0 Å². The number of carbonyl (C=O) groups excluding carboxylic acids is 1. The molecule has 0 amide bonds. The van der Waals surface area contributed by atoms with Gasteiger partial charge in [0.05, 0.1) is 24.8 Å². The third kappa shape index (κ3) is 2.68. The van der Waals surface area contributed by atoms with E-state index in [0.29, 0.717) is 11.4 Å². The molecule has 5 heteroatoms. The lowest BCUT2D eigenvalue weighted by molar-refractivity contribution is 0.0988. The molecule has 4 nitrogen and oxygen atoms in total. The second-order valence-electron chi connectivity index (χ2n) is 3.65. The molecular formula is C13H11FN2O2. The summed E-state index contributed by atoms with van der Waals surface area (Å²) >= 11 is 0. The number of methoxy groups -OCH3 is 1. The molecule has 0 unspecified atom stereocenters. The number of halogens is 1. The predicted molar refractivity (Wildman–Crippen MR) is 63.0 cm³/mol. The summed E-state index contributed by atoms with van der Waals surface area (Å²) in [5, 5.41) is 0. The van der Waals surface area contributed by atoms with Crippen molar-refractivity contribution < 1.29 is 13.9 Å². The SMILES string of the molecule is COc1ccc(F)cc1C(=O)Cc1ccncn1. The maximum absolute atomic E-state index is 13.1. The lowest BCUT2D eigenvalue weighted by Gasteiger charge is -2.07. The smallest absolute Gasteiger partial charge is 0.172 e. The van der Waals surface area contributed by atoms with Crippen molar-refractivity contribution in [1.29, 1.82) is 0 Å². The highest BCUT2D eigenvalue weighted by molar-refractivity contribution is 5.99. The van der Waals surface area contributed by atoms with E-state index in [9.17, 15) is 9.18 Å². The molecular weight excluding hydrogens is 235 g/mol. The Morgan fingerprint density at radius 2 is 2.22 bits per heavy atom. The van der Waals surface area contributed by atoms with Crippen LogP contribution in [-0.4, -0.2) is 22.9 Å². The maximum Gasteiger partial charge on any atom is 0.172 e. The number of ether oxygens (including phenoxy) is 1. The molecule has 0 saturated carbocycles. The number of rotatable bonds is 4. The lowest BCUT2D eigenvalue weighted by atomic mass is 10.1. The molecule has 18 heavy (non-hydrogen) atoms. The average molecular weight is 246 g/mol. The van der Waals surface area contributed by atoms with E-state index in [1.807, 2.05) is 0 Å². The van der Waals surface area contributed by atoms with Crippen LogP contribution in [0.4, 0.5) is 4.39 Å².